The molecule has 7 heteroatoms. The minimum Gasteiger partial charge on any atom is -0.350 e. The Balaban J connectivity index is 2.18. The molecule has 2 rings (SSSR count). The van der Waals surface area contributed by atoms with Crippen molar-refractivity contribution in [1.82, 2.24) is 10.2 Å². The minimum atomic E-state index is -3.36. The molecule has 26 heavy (non-hydrogen) atoms. The van der Waals surface area contributed by atoms with Gasteiger partial charge in [0.2, 0.25) is 0 Å². The number of thiophene rings is 1. The average Bonchev–Trinajstić information content (AvgIpc) is 3.12. The van der Waals surface area contributed by atoms with E-state index in [-0.39, 0.29) is 16.8 Å². The number of rotatable bonds is 8. The topological polar surface area (TPSA) is 66.5 Å². The van der Waals surface area contributed by atoms with E-state index in [0.717, 1.165) is 19.3 Å². The molecule has 0 bridgehead atoms. The Bertz CT molecular complexity index is 842. The van der Waals surface area contributed by atoms with Gasteiger partial charge in [0.1, 0.15) is 0 Å². The second-order valence-corrected chi connectivity index (χ2v) is 9.02. The van der Waals surface area contributed by atoms with Crippen LogP contribution in [-0.4, -0.2) is 45.1 Å². The van der Waals surface area contributed by atoms with Gasteiger partial charge in [0, 0.05) is 18.4 Å². The Morgan fingerprint density at radius 3 is 2.46 bits per heavy atom. The molecule has 5 nitrogen and oxygen atoms in total. The lowest BCUT2D eigenvalue weighted by atomic mass is 10.1. The number of benzene rings is 1. The van der Waals surface area contributed by atoms with Crippen LogP contribution >= 0.6 is 11.3 Å². The van der Waals surface area contributed by atoms with E-state index >= 15 is 0 Å². The summed E-state index contributed by atoms with van der Waals surface area (Å²) in [5.41, 5.74) is 2.18. The van der Waals surface area contributed by atoms with Crippen LogP contribution in [0.4, 0.5) is 0 Å². The van der Waals surface area contributed by atoms with E-state index in [1.807, 2.05) is 5.38 Å². The third-order valence-electron chi connectivity index (χ3n) is 4.49. The molecule has 0 radical (unpaired) electrons. The molecule has 2 aromatic rings. The number of nitrogens with one attached hydrogen (secondary N) is 1. The number of carbonyl (C=O) groups excluding carboxylic acids is 1. The number of nitrogens with zero attached hydrogens (tertiary/aromatic N) is 1. The summed E-state index contributed by atoms with van der Waals surface area (Å²) in [5, 5.41) is 7.10. The molecule has 0 spiro atoms. The van der Waals surface area contributed by atoms with Gasteiger partial charge >= 0.3 is 0 Å². The van der Waals surface area contributed by atoms with Crippen LogP contribution in [0.2, 0.25) is 0 Å². The number of amides is 1. The zero-order valence-electron chi connectivity index (χ0n) is 15.7. The SMILES string of the molecule is CCN(CC)[C@@H](CNC(=O)c1ccc(C)c(S(C)(=O)=O)c1)c1ccsc1. The molecule has 142 valence electrons. The van der Waals surface area contributed by atoms with E-state index in [0.29, 0.717) is 17.7 Å². The summed E-state index contributed by atoms with van der Waals surface area (Å²) in [6.07, 6.45) is 1.16. The first-order chi connectivity index (χ1) is 12.3. The first-order valence-corrected chi connectivity index (χ1v) is 11.5. The summed E-state index contributed by atoms with van der Waals surface area (Å²) in [6.45, 7) is 8.17. The van der Waals surface area contributed by atoms with Crippen molar-refractivity contribution in [3.8, 4) is 0 Å². The van der Waals surface area contributed by atoms with Crippen LogP contribution in [0.1, 0.15) is 41.4 Å². The van der Waals surface area contributed by atoms with E-state index < -0.39 is 9.84 Å². The third kappa shape index (κ3) is 4.93. The van der Waals surface area contributed by atoms with Gasteiger partial charge in [-0.25, -0.2) is 8.42 Å². The average molecular weight is 395 g/mol. The van der Waals surface area contributed by atoms with Crippen molar-refractivity contribution in [2.24, 2.45) is 0 Å². The van der Waals surface area contributed by atoms with Crippen molar-refractivity contribution >= 4 is 27.1 Å². The zero-order chi connectivity index (χ0) is 19.3. The number of hydrogen-bond acceptors (Lipinski definition) is 5. The molecule has 1 amide bonds. The highest BCUT2D eigenvalue weighted by Gasteiger charge is 2.20. The first-order valence-electron chi connectivity index (χ1n) is 8.63. The minimum absolute atomic E-state index is 0.0972. The maximum absolute atomic E-state index is 12.6. The van der Waals surface area contributed by atoms with Gasteiger partial charge < -0.3 is 5.32 Å². The molecule has 0 unspecified atom stereocenters. The number of likely N-dealkylation sites (N-methyl/N-ethyl adjacent to an activating group) is 1. The first kappa shape index (κ1) is 20.6. The van der Waals surface area contributed by atoms with Crippen molar-refractivity contribution in [3.05, 3.63) is 51.7 Å². The fourth-order valence-electron chi connectivity index (χ4n) is 3.02. The highest BCUT2D eigenvalue weighted by molar-refractivity contribution is 7.90. The van der Waals surface area contributed by atoms with E-state index in [4.69, 9.17) is 0 Å². The van der Waals surface area contributed by atoms with Gasteiger partial charge in [-0.15, -0.1) is 0 Å². The molecule has 0 saturated heterocycles. The predicted octanol–water partition coefficient (Wildman–Crippen LogP) is 3.27. The number of sulfone groups is 1. The number of carbonyl (C=O) groups is 1. The van der Waals surface area contributed by atoms with Crippen molar-refractivity contribution < 1.29 is 13.2 Å². The largest absolute Gasteiger partial charge is 0.350 e. The Kier molecular flexibility index (Phi) is 6.97. The molecule has 0 saturated carbocycles. The quantitative estimate of drug-likeness (QED) is 0.746. The van der Waals surface area contributed by atoms with Crippen LogP contribution < -0.4 is 5.32 Å². The van der Waals surface area contributed by atoms with Gasteiger partial charge in [0.15, 0.2) is 9.84 Å². The summed E-state index contributed by atoms with van der Waals surface area (Å²) in [6, 6.07) is 6.97. The fraction of sp³-hybridized carbons (Fsp3) is 0.421. The molecule has 1 heterocycles. The standard InChI is InChI=1S/C19H26N2O3S2/c1-5-21(6-2)17(16-9-10-25-13-16)12-20-19(22)15-8-7-14(3)18(11-15)26(4,23)24/h7-11,13,17H,5-6,12H2,1-4H3,(H,20,22)/t17-/m0/s1. The molecule has 1 aromatic carbocycles. The lowest BCUT2D eigenvalue weighted by molar-refractivity contribution is 0.0935. The van der Waals surface area contributed by atoms with Crippen LogP contribution in [0.5, 0.6) is 0 Å². The molecular weight excluding hydrogens is 368 g/mol. The van der Waals surface area contributed by atoms with Crippen molar-refractivity contribution in [2.75, 3.05) is 25.9 Å². The van der Waals surface area contributed by atoms with E-state index in [1.165, 1.54) is 11.6 Å². The Morgan fingerprint density at radius 2 is 1.92 bits per heavy atom. The van der Waals surface area contributed by atoms with Crippen molar-refractivity contribution in [2.45, 2.75) is 31.7 Å². The smallest absolute Gasteiger partial charge is 0.251 e. The molecular formula is C19H26N2O3S2. The van der Waals surface area contributed by atoms with E-state index in [2.05, 4.69) is 35.5 Å². The second-order valence-electron chi connectivity index (χ2n) is 6.26. The van der Waals surface area contributed by atoms with Gasteiger partial charge in [-0.05, 0) is 60.1 Å². The summed E-state index contributed by atoms with van der Waals surface area (Å²) in [4.78, 5) is 15.1. The maximum atomic E-state index is 12.6. The molecule has 0 aliphatic rings. The summed E-state index contributed by atoms with van der Waals surface area (Å²) in [5.74, 6) is -0.262. The lowest BCUT2D eigenvalue weighted by Crippen LogP contribution is -2.38. The van der Waals surface area contributed by atoms with Gasteiger partial charge in [-0.1, -0.05) is 19.9 Å². The fourth-order valence-corrected chi connectivity index (χ4v) is 4.72. The molecule has 0 aliphatic carbocycles. The molecule has 1 atom stereocenters. The Morgan fingerprint density at radius 1 is 1.23 bits per heavy atom. The molecule has 1 N–H and O–H groups in total. The number of aryl methyl sites for hydroxylation is 1. The van der Waals surface area contributed by atoms with Gasteiger partial charge in [0.05, 0.1) is 10.9 Å². The highest BCUT2D eigenvalue weighted by atomic mass is 32.2. The van der Waals surface area contributed by atoms with Gasteiger partial charge in [-0.3, -0.25) is 9.69 Å². The third-order valence-corrected chi connectivity index (χ3v) is 6.43. The normalized spacial score (nSPS) is 13.0. The predicted molar refractivity (Wildman–Crippen MR) is 107 cm³/mol. The van der Waals surface area contributed by atoms with Crippen LogP contribution in [-0.2, 0) is 9.84 Å². The monoisotopic (exact) mass is 394 g/mol. The molecule has 1 aromatic heterocycles. The van der Waals surface area contributed by atoms with E-state index in [1.54, 1.807) is 30.4 Å². The van der Waals surface area contributed by atoms with Gasteiger partial charge in [-0.2, -0.15) is 11.3 Å². The Labute approximate surface area is 160 Å². The van der Waals surface area contributed by atoms with E-state index in [9.17, 15) is 13.2 Å². The van der Waals surface area contributed by atoms with Crippen molar-refractivity contribution in [3.63, 3.8) is 0 Å². The zero-order valence-corrected chi connectivity index (χ0v) is 17.3. The summed E-state index contributed by atoms with van der Waals surface area (Å²) < 4.78 is 23.8. The Hall–Kier alpha value is -1.70. The summed E-state index contributed by atoms with van der Waals surface area (Å²) >= 11 is 1.64. The maximum Gasteiger partial charge on any atom is 0.251 e. The number of hydrogen-bond donors (Lipinski definition) is 1. The molecule has 0 fully saturated rings. The van der Waals surface area contributed by atoms with Crippen LogP contribution in [0.3, 0.4) is 0 Å². The van der Waals surface area contributed by atoms with Crippen molar-refractivity contribution in [1.29, 1.82) is 0 Å². The second kappa shape index (κ2) is 8.79. The van der Waals surface area contributed by atoms with Crippen LogP contribution in [0.25, 0.3) is 0 Å². The molecule has 0 aliphatic heterocycles. The van der Waals surface area contributed by atoms with Crippen LogP contribution in [0.15, 0.2) is 39.9 Å². The van der Waals surface area contributed by atoms with Gasteiger partial charge in [0.25, 0.3) is 5.91 Å². The lowest BCUT2D eigenvalue weighted by Gasteiger charge is -2.29. The highest BCUT2D eigenvalue weighted by Crippen LogP contribution is 2.22. The van der Waals surface area contributed by atoms with Crippen LogP contribution in [0, 0.1) is 6.92 Å². The summed E-state index contributed by atoms with van der Waals surface area (Å²) in [7, 11) is -3.36.